The van der Waals surface area contributed by atoms with Crippen LogP contribution in [-0.4, -0.2) is 6.04 Å². The summed E-state index contributed by atoms with van der Waals surface area (Å²) in [5, 5.41) is 3.29. The summed E-state index contributed by atoms with van der Waals surface area (Å²) in [5.74, 6) is -0.537. The van der Waals surface area contributed by atoms with E-state index < -0.39 is 0 Å². The van der Waals surface area contributed by atoms with Gasteiger partial charge >= 0.3 is 0 Å². The van der Waals surface area contributed by atoms with Gasteiger partial charge in [0.15, 0.2) is 0 Å². The molecule has 1 aliphatic carbocycles. The van der Waals surface area contributed by atoms with Crippen molar-refractivity contribution in [3.05, 3.63) is 59.2 Å². The van der Waals surface area contributed by atoms with E-state index in [4.69, 9.17) is 0 Å². The summed E-state index contributed by atoms with van der Waals surface area (Å²) in [7, 11) is 0. The fraction of sp³-hybridized carbons (Fsp3) is 0.294. The molecule has 1 aliphatic rings. The Labute approximate surface area is 117 Å². The monoisotopic (exact) mass is 273 g/mol. The fourth-order valence-electron chi connectivity index (χ4n) is 2.31. The van der Waals surface area contributed by atoms with E-state index >= 15 is 0 Å². The third-order valence-electron chi connectivity index (χ3n) is 3.72. The van der Waals surface area contributed by atoms with Crippen molar-refractivity contribution in [3.63, 3.8) is 0 Å². The van der Waals surface area contributed by atoms with Crippen LogP contribution in [0.15, 0.2) is 36.4 Å². The number of nitrogens with one attached hydrogen (secondary N) is 1. The Morgan fingerprint density at radius 3 is 2.60 bits per heavy atom. The predicted octanol–water partition coefficient (Wildman–Crippen LogP) is 4.19. The van der Waals surface area contributed by atoms with Gasteiger partial charge < -0.3 is 5.32 Å². The van der Waals surface area contributed by atoms with Crippen LogP contribution in [0.1, 0.15) is 24.0 Å². The maximum Gasteiger partial charge on any atom is 0.128 e. The Morgan fingerprint density at radius 2 is 1.90 bits per heavy atom. The van der Waals surface area contributed by atoms with Crippen LogP contribution in [0.4, 0.5) is 8.78 Å². The maximum absolute atomic E-state index is 14.1. The lowest BCUT2D eigenvalue weighted by Crippen LogP contribution is -2.16. The molecule has 0 aliphatic heterocycles. The van der Waals surface area contributed by atoms with Gasteiger partial charge in [-0.1, -0.05) is 18.2 Å². The zero-order chi connectivity index (χ0) is 14.1. The van der Waals surface area contributed by atoms with Gasteiger partial charge in [-0.15, -0.1) is 0 Å². The van der Waals surface area contributed by atoms with Crippen LogP contribution in [0.5, 0.6) is 0 Å². The van der Waals surface area contributed by atoms with Crippen molar-refractivity contribution in [2.45, 2.75) is 32.4 Å². The van der Waals surface area contributed by atoms with E-state index in [0.717, 1.165) is 16.7 Å². The molecule has 1 fully saturated rings. The molecule has 20 heavy (non-hydrogen) atoms. The van der Waals surface area contributed by atoms with Crippen molar-refractivity contribution in [1.82, 2.24) is 5.32 Å². The number of aryl methyl sites for hydroxylation is 1. The molecule has 0 bridgehead atoms. The highest BCUT2D eigenvalue weighted by molar-refractivity contribution is 5.67. The molecule has 0 unspecified atom stereocenters. The molecule has 0 spiro atoms. The van der Waals surface area contributed by atoms with Gasteiger partial charge in [0.1, 0.15) is 11.6 Å². The van der Waals surface area contributed by atoms with E-state index in [1.54, 1.807) is 12.1 Å². The molecule has 0 radical (unpaired) electrons. The van der Waals surface area contributed by atoms with Crippen LogP contribution in [0.2, 0.25) is 0 Å². The lowest BCUT2D eigenvalue weighted by Gasteiger charge is -2.09. The van der Waals surface area contributed by atoms with Crippen molar-refractivity contribution in [2.24, 2.45) is 0 Å². The number of halogens is 2. The second-order valence-corrected chi connectivity index (χ2v) is 5.42. The van der Waals surface area contributed by atoms with E-state index in [1.165, 1.54) is 31.0 Å². The number of rotatable bonds is 4. The van der Waals surface area contributed by atoms with Crippen LogP contribution in [-0.2, 0) is 6.54 Å². The average molecular weight is 273 g/mol. The smallest absolute Gasteiger partial charge is 0.128 e. The van der Waals surface area contributed by atoms with Gasteiger partial charge in [0.2, 0.25) is 0 Å². The minimum atomic E-state index is -0.300. The quantitative estimate of drug-likeness (QED) is 0.880. The molecular weight excluding hydrogens is 256 g/mol. The van der Waals surface area contributed by atoms with Gasteiger partial charge in [0.05, 0.1) is 0 Å². The molecular formula is C17H17F2N. The summed E-state index contributed by atoms with van der Waals surface area (Å²) >= 11 is 0. The summed E-state index contributed by atoms with van der Waals surface area (Å²) in [6.45, 7) is 2.45. The average Bonchev–Trinajstić information content (AvgIpc) is 3.24. The molecule has 104 valence electrons. The molecule has 3 rings (SSSR count). The Morgan fingerprint density at radius 1 is 1.10 bits per heavy atom. The zero-order valence-electron chi connectivity index (χ0n) is 11.4. The lowest BCUT2D eigenvalue weighted by atomic mass is 9.99. The van der Waals surface area contributed by atoms with Gasteiger partial charge in [0, 0.05) is 18.2 Å². The Kier molecular flexibility index (Phi) is 3.53. The van der Waals surface area contributed by atoms with Crippen molar-refractivity contribution in [3.8, 4) is 11.1 Å². The first kappa shape index (κ1) is 13.3. The van der Waals surface area contributed by atoms with Crippen molar-refractivity contribution < 1.29 is 8.78 Å². The van der Waals surface area contributed by atoms with Crippen LogP contribution in [0.3, 0.4) is 0 Å². The van der Waals surface area contributed by atoms with Gasteiger partial charge in [-0.2, -0.15) is 0 Å². The van der Waals surface area contributed by atoms with Crippen molar-refractivity contribution >= 4 is 0 Å². The van der Waals surface area contributed by atoms with Crippen LogP contribution in [0, 0.1) is 18.6 Å². The first-order chi connectivity index (χ1) is 9.63. The molecule has 0 saturated heterocycles. The molecule has 0 amide bonds. The molecule has 0 heterocycles. The predicted molar refractivity (Wildman–Crippen MR) is 76.4 cm³/mol. The summed E-state index contributed by atoms with van der Waals surface area (Å²) in [6.07, 6.45) is 2.37. The van der Waals surface area contributed by atoms with Crippen LogP contribution < -0.4 is 5.32 Å². The number of hydrogen-bond acceptors (Lipinski definition) is 1. The summed E-state index contributed by atoms with van der Waals surface area (Å²) in [5.41, 5.74) is 3.06. The van der Waals surface area contributed by atoms with E-state index in [1.807, 2.05) is 13.0 Å². The zero-order valence-corrected chi connectivity index (χ0v) is 11.4. The SMILES string of the molecule is Cc1ccc(F)cc1-c1ccc(CNC2CC2)c(F)c1. The number of hydrogen-bond donors (Lipinski definition) is 1. The van der Waals surface area contributed by atoms with E-state index in [9.17, 15) is 8.78 Å². The van der Waals surface area contributed by atoms with Crippen LogP contribution in [0.25, 0.3) is 11.1 Å². The minimum absolute atomic E-state index is 0.237. The fourth-order valence-corrected chi connectivity index (χ4v) is 2.31. The highest BCUT2D eigenvalue weighted by Crippen LogP contribution is 2.26. The van der Waals surface area contributed by atoms with Gasteiger partial charge in [-0.05, 0) is 54.7 Å². The normalized spacial score (nSPS) is 14.6. The lowest BCUT2D eigenvalue weighted by molar-refractivity contribution is 0.587. The first-order valence-electron chi connectivity index (χ1n) is 6.92. The summed E-state index contributed by atoms with van der Waals surface area (Å²) in [4.78, 5) is 0. The van der Waals surface area contributed by atoms with Gasteiger partial charge in [-0.25, -0.2) is 8.78 Å². The van der Waals surface area contributed by atoms with Crippen molar-refractivity contribution in [1.29, 1.82) is 0 Å². The first-order valence-corrected chi connectivity index (χ1v) is 6.92. The third-order valence-corrected chi connectivity index (χ3v) is 3.72. The topological polar surface area (TPSA) is 12.0 Å². The highest BCUT2D eigenvalue weighted by Gasteiger charge is 2.20. The molecule has 0 atom stereocenters. The highest BCUT2D eigenvalue weighted by atomic mass is 19.1. The maximum atomic E-state index is 14.1. The standard InChI is InChI=1S/C17H17F2N/c1-11-2-5-14(18)9-16(11)12-3-4-13(17(19)8-12)10-20-15-6-7-15/h2-5,8-9,15,20H,6-7,10H2,1H3. The van der Waals surface area contributed by atoms with Crippen LogP contribution >= 0.6 is 0 Å². The van der Waals surface area contributed by atoms with E-state index in [0.29, 0.717) is 18.2 Å². The summed E-state index contributed by atoms with van der Waals surface area (Å²) in [6, 6.07) is 10.3. The second-order valence-electron chi connectivity index (χ2n) is 5.42. The molecule has 2 aromatic carbocycles. The molecule has 3 heteroatoms. The molecule has 0 aromatic heterocycles. The Balaban J connectivity index is 1.86. The van der Waals surface area contributed by atoms with E-state index in [-0.39, 0.29) is 11.6 Å². The molecule has 2 aromatic rings. The van der Waals surface area contributed by atoms with Crippen molar-refractivity contribution in [2.75, 3.05) is 0 Å². The number of benzene rings is 2. The molecule has 1 nitrogen and oxygen atoms in total. The molecule has 1 N–H and O–H groups in total. The second kappa shape index (κ2) is 5.33. The third kappa shape index (κ3) is 2.88. The van der Waals surface area contributed by atoms with Gasteiger partial charge in [0.25, 0.3) is 0 Å². The van der Waals surface area contributed by atoms with E-state index in [2.05, 4.69) is 5.32 Å². The summed E-state index contributed by atoms with van der Waals surface area (Å²) < 4.78 is 27.4. The molecule has 1 saturated carbocycles. The van der Waals surface area contributed by atoms with Gasteiger partial charge in [-0.3, -0.25) is 0 Å². The Bertz CT molecular complexity index is 633. The Hall–Kier alpha value is -1.74. The largest absolute Gasteiger partial charge is 0.310 e. The minimum Gasteiger partial charge on any atom is -0.310 e.